The molecule has 0 aliphatic rings. The highest BCUT2D eigenvalue weighted by Crippen LogP contribution is 2.19. The van der Waals surface area contributed by atoms with E-state index in [0.717, 1.165) is 11.3 Å². The van der Waals surface area contributed by atoms with Crippen molar-refractivity contribution in [3.63, 3.8) is 0 Å². The first-order valence-corrected chi connectivity index (χ1v) is 6.38. The zero-order valence-corrected chi connectivity index (χ0v) is 11.1. The molecule has 3 rings (SSSR count). The fraction of sp³-hybridized carbons (Fsp3) is 0.125. The van der Waals surface area contributed by atoms with Crippen molar-refractivity contribution >= 4 is 0 Å². The molecular formula is C16H14N2O2. The molecule has 1 heterocycles. The second kappa shape index (κ2) is 5.57. The molecule has 20 heavy (non-hydrogen) atoms. The third-order valence-electron chi connectivity index (χ3n) is 2.87. The number of hydrogen-bond donors (Lipinski definition) is 0. The molecule has 0 saturated heterocycles. The highest BCUT2D eigenvalue weighted by atomic mass is 16.5. The van der Waals surface area contributed by atoms with E-state index in [1.165, 1.54) is 5.56 Å². The van der Waals surface area contributed by atoms with Crippen LogP contribution >= 0.6 is 0 Å². The van der Waals surface area contributed by atoms with Crippen LogP contribution in [-0.4, -0.2) is 10.2 Å². The van der Waals surface area contributed by atoms with E-state index >= 15 is 0 Å². The van der Waals surface area contributed by atoms with E-state index in [1.807, 2.05) is 61.5 Å². The van der Waals surface area contributed by atoms with Gasteiger partial charge in [0.15, 0.2) is 6.61 Å². The van der Waals surface area contributed by atoms with Crippen LogP contribution in [0.5, 0.6) is 5.75 Å². The van der Waals surface area contributed by atoms with Crippen molar-refractivity contribution in [2.75, 3.05) is 0 Å². The summed E-state index contributed by atoms with van der Waals surface area (Å²) in [5.74, 6) is 1.75. The molecule has 2 aromatic carbocycles. The van der Waals surface area contributed by atoms with Gasteiger partial charge in [0, 0.05) is 5.56 Å². The van der Waals surface area contributed by atoms with E-state index in [-0.39, 0.29) is 6.61 Å². The molecule has 0 spiro atoms. The molecule has 0 radical (unpaired) electrons. The monoisotopic (exact) mass is 266 g/mol. The molecule has 3 aromatic rings. The number of rotatable bonds is 4. The maximum Gasteiger partial charge on any atom is 0.254 e. The van der Waals surface area contributed by atoms with Crippen molar-refractivity contribution in [2.45, 2.75) is 13.5 Å². The summed E-state index contributed by atoms with van der Waals surface area (Å²) in [6, 6.07) is 17.5. The van der Waals surface area contributed by atoms with Crippen LogP contribution in [0, 0.1) is 6.92 Å². The quantitative estimate of drug-likeness (QED) is 0.723. The normalized spacial score (nSPS) is 10.4. The number of nitrogens with zero attached hydrogens (tertiary/aromatic N) is 2. The lowest BCUT2D eigenvalue weighted by atomic mass is 10.1. The molecule has 0 N–H and O–H groups in total. The van der Waals surface area contributed by atoms with E-state index in [9.17, 15) is 0 Å². The van der Waals surface area contributed by atoms with Gasteiger partial charge in [-0.2, -0.15) is 0 Å². The number of benzene rings is 2. The summed E-state index contributed by atoms with van der Waals surface area (Å²) in [5, 5.41) is 8.02. The van der Waals surface area contributed by atoms with Crippen LogP contribution in [0.2, 0.25) is 0 Å². The fourth-order valence-electron chi connectivity index (χ4n) is 1.79. The molecule has 0 bridgehead atoms. The first-order chi connectivity index (χ1) is 9.81. The summed E-state index contributed by atoms with van der Waals surface area (Å²) in [4.78, 5) is 0. The fourth-order valence-corrected chi connectivity index (χ4v) is 1.79. The van der Waals surface area contributed by atoms with Gasteiger partial charge in [-0.05, 0) is 31.2 Å². The molecule has 4 nitrogen and oxygen atoms in total. The molecule has 0 fully saturated rings. The number of para-hydroxylation sites is 1. The van der Waals surface area contributed by atoms with Gasteiger partial charge in [-0.15, -0.1) is 10.2 Å². The van der Waals surface area contributed by atoms with Crippen LogP contribution in [0.4, 0.5) is 0 Å². The lowest BCUT2D eigenvalue weighted by molar-refractivity contribution is 0.264. The van der Waals surface area contributed by atoms with Crippen molar-refractivity contribution in [3.8, 4) is 17.2 Å². The minimum Gasteiger partial charge on any atom is -0.484 e. The number of ether oxygens (including phenoxy) is 1. The Labute approximate surface area is 117 Å². The Morgan fingerprint density at radius 1 is 0.950 bits per heavy atom. The lowest BCUT2D eigenvalue weighted by Gasteiger charge is -2.01. The first-order valence-electron chi connectivity index (χ1n) is 6.38. The van der Waals surface area contributed by atoms with Gasteiger partial charge in [-0.25, -0.2) is 0 Å². The van der Waals surface area contributed by atoms with Crippen molar-refractivity contribution in [3.05, 3.63) is 66.1 Å². The minimum absolute atomic E-state index is 0.267. The van der Waals surface area contributed by atoms with Gasteiger partial charge in [-0.1, -0.05) is 35.9 Å². The van der Waals surface area contributed by atoms with Crippen molar-refractivity contribution in [1.82, 2.24) is 10.2 Å². The van der Waals surface area contributed by atoms with Gasteiger partial charge in [0.2, 0.25) is 5.89 Å². The van der Waals surface area contributed by atoms with E-state index in [2.05, 4.69) is 10.2 Å². The number of aryl methyl sites for hydroxylation is 1. The van der Waals surface area contributed by atoms with E-state index < -0.39 is 0 Å². The van der Waals surface area contributed by atoms with E-state index in [4.69, 9.17) is 9.15 Å². The standard InChI is InChI=1S/C16H14N2O2/c1-12-7-9-13(10-8-12)16-18-17-15(20-16)11-19-14-5-3-2-4-6-14/h2-10H,11H2,1H3. The average Bonchev–Trinajstić information content (AvgIpc) is 2.96. The largest absolute Gasteiger partial charge is 0.484 e. The first kappa shape index (κ1) is 12.4. The van der Waals surface area contributed by atoms with Crippen LogP contribution in [0.25, 0.3) is 11.5 Å². The summed E-state index contributed by atoms with van der Waals surface area (Å²) in [7, 11) is 0. The van der Waals surface area contributed by atoms with Crippen LogP contribution in [0.3, 0.4) is 0 Å². The summed E-state index contributed by atoms with van der Waals surface area (Å²) in [6.07, 6.45) is 0. The molecule has 100 valence electrons. The van der Waals surface area contributed by atoms with Gasteiger partial charge in [0.25, 0.3) is 5.89 Å². The number of hydrogen-bond acceptors (Lipinski definition) is 4. The van der Waals surface area contributed by atoms with Crippen LogP contribution in [-0.2, 0) is 6.61 Å². The van der Waals surface area contributed by atoms with Gasteiger partial charge in [0.1, 0.15) is 5.75 Å². The van der Waals surface area contributed by atoms with Gasteiger partial charge in [-0.3, -0.25) is 0 Å². The Morgan fingerprint density at radius 2 is 1.70 bits per heavy atom. The molecule has 4 heteroatoms. The Balaban J connectivity index is 1.69. The van der Waals surface area contributed by atoms with E-state index in [0.29, 0.717) is 11.8 Å². The second-order valence-electron chi connectivity index (χ2n) is 4.47. The van der Waals surface area contributed by atoms with E-state index in [1.54, 1.807) is 0 Å². The highest BCUT2D eigenvalue weighted by Gasteiger charge is 2.08. The lowest BCUT2D eigenvalue weighted by Crippen LogP contribution is -1.95. The third-order valence-corrected chi connectivity index (χ3v) is 2.87. The van der Waals surface area contributed by atoms with Crippen molar-refractivity contribution < 1.29 is 9.15 Å². The number of aromatic nitrogens is 2. The average molecular weight is 266 g/mol. The van der Waals surface area contributed by atoms with Crippen LogP contribution in [0.1, 0.15) is 11.5 Å². The summed E-state index contributed by atoms with van der Waals surface area (Å²) in [6.45, 7) is 2.31. The third kappa shape index (κ3) is 2.85. The topological polar surface area (TPSA) is 48.2 Å². The molecule has 0 atom stereocenters. The molecule has 0 unspecified atom stereocenters. The maximum absolute atomic E-state index is 5.58. The smallest absolute Gasteiger partial charge is 0.254 e. The molecule has 0 aliphatic heterocycles. The Bertz CT molecular complexity index is 675. The summed E-state index contributed by atoms with van der Waals surface area (Å²) in [5.41, 5.74) is 2.11. The molecule has 0 amide bonds. The molecule has 0 aliphatic carbocycles. The van der Waals surface area contributed by atoms with Gasteiger partial charge >= 0.3 is 0 Å². The van der Waals surface area contributed by atoms with Gasteiger partial charge in [0.05, 0.1) is 0 Å². The molecule has 0 saturated carbocycles. The Hall–Kier alpha value is -2.62. The van der Waals surface area contributed by atoms with Gasteiger partial charge < -0.3 is 9.15 Å². The minimum atomic E-state index is 0.267. The predicted octanol–water partition coefficient (Wildman–Crippen LogP) is 3.62. The zero-order valence-electron chi connectivity index (χ0n) is 11.1. The van der Waals surface area contributed by atoms with Crippen molar-refractivity contribution in [2.24, 2.45) is 0 Å². The molecule has 1 aromatic heterocycles. The van der Waals surface area contributed by atoms with Crippen LogP contribution in [0.15, 0.2) is 59.0 Å². The SMILES string of the molecule is Cc1ccc(-c2nnc(COc3ccccc3)o2)cc1. The highest BCUT2D eigenvalue weighted by molar-refractivity contribution is 5.52. The predicted molar refractivity (Wildman–Crippen MR) is 75.2 cm³/mol. The maximum atomic E-state index is 5.58. The second-order valence-corrected chi connectivity index (χ2v) is 4.47. The summed E-state index contributed by atoms with van der Waals surface area (Å²) >= 11 is 0. The zero-order chi connectivity index (χ0) is 13.8. The van der Waals surface area contributed by atoms with Crippen molar-refractivity contribution in [1.29, 1.82) is 0 Å². The Morgan fingerprint density at radius 3 is 2.45 bits per heavy atom. The van der Waals surface area contributed by atoms with Crippen LogP contribution < -0.4 is 4.74 Å². The summed E-state index contributed by atoms with van der Waals surface area (Å²) < 4.78 is 11.1. The Kier molecular flexibility index (Phi) is 3.46. The molecular weight excluding hydrogens is 252 g/mol.